The van der Waals surface area contributed by atoms with Crippen LogP contribution < -0.4 is 10.6 Å². The molecule has 0 aliphatic carbocycles. The van der Waals surface area contributed by atoms with Crippen LogP contribution in [0.4, 0.5) is 5.69 Å². The summed E-state index contributed by atoms with van der Waals surface area (Å²) in [5.74, 6) is 0.343. The van der Waals surface area contributed by atoms with E-state index in [1.807, 2.05) is 37.4 Å². The summed E-state index contributed by atoms with van der Waals surface area (Å²) in [6, 6.07) is 7.99. The molecule has 1 aromatic carbocycles. The lowest BCUT2D eigenvalue weighted by Crippen LogP contribution is -2.29. The standard InChI is InChI=1S/C13H20N2OS/c1-10(9-14)8-13(16)15(2)11-4-6-12(17-3)7-5-11/h4-7,10H,8-9,14H2,1-3H3. The lowest BCUT2D eigenvalue weighted by Gasteiger charge is -2.19. The third-order valence-corrected chi connectivity index (χ3v) is 3.50. The Bertz CT molecular complexity index is 364. The van der Waals surface area contributed by atoms with Gasteiger partial charge in [-0.15, -0.1) is 11.8 Å². The van der Waals surface area contributed by atoms with Crippen LogP contribution in [0.25, 0.3) is 0 Å². The number of rotatable bonds is 5. The molecule has 0 aliphatic heterocycles. The number of nitrogens with two attached hydrogens (primary N) is 1. The summed E-state index contributed by atoms with van der Waals surface area (Å²) in [5, 5.41) is 0. The van der Waals surface area contributed by atoms with Gasteiger partial charge in [-0.3, -0.25) is 4.79 Å². The fourth-order valence-electron chi connectivity index (χ4n) is 1.47. The molecule has 1 amide bonds. The summed E-state index contributed by atoms with van der Waals surface area (Å²) in [6.45, 7) is 2.54. The van der Waals surface area contributed by atoms with Gasteiger partial charge in [0.25, 0.3) is 0 Å². The number of carbonyl (C=O) groups is 1. The zero-order chi connectivity index (χ0) is 12.8. The molecule has 1 unspecified atom stereocenters. The Labute approximate surface area is 107 Å². The first-order valence-electron chi connectivity index (χ1n) is 5.69. The zero-order valence-corrected chi connectivity index (χ0v) is 11.5. The van der Waals surface area contributed by atoms with E-state index in [1.54, 1.807) is 23.7 Å². The van der Waals surface area contributed by atoms with E-state index in [-0.39, 0.29) is 11.8 Å². The van der Waals surface area contributed by atoms with Gasteiger partial charge in [0.05, 0.1) is 0 Å². The molecule has 17 heavy (non-hydrogen) atoms. The molecule has 0 aliphatic rings. The Morgan fingerprint density at radius 2 is 2.00 bits per heavy atom. The number of hydrogen-bond acceptors (Lipinski definition) is 3. The van der Waals surface area contributed by atoms with Crippen LogP contribution in [0.3, 0.4) is 0 Å². The molecule has 2 N–H and O–H groups in total. The van der Waals surface area contributed by atoms with Crippen LogP contribution in [-0.2, 0) is 4.79 Å². The van der Waals surface area contributed by atoms with Crippen LogP contribution >= 0.6 is 11.8 Å². The van der Waals surface area contributed by atoms with E-state index in [4.69, 9.17) is 5.73 Å². The molecule has 0 aromatic heterocycles. The minimum Gasteiger partial charge on any atom is -0.330 e. The van der Waals surface area contributed by atoms with Crippen molar-refractivity contribution >= 4 is 23.4 Å². The molecule has 94 valence electrons. The SMILES string of the molecule is CSc1ccc(N(C)C(=O)CC(C)CN)cc1. The summed E-state index contributed by atoms with van der Waals surface area (Å²) in [7, 11) is 1.81. The Hall–Kier alpha value is -1.00. The van der Waals surface area contributed by atoms with E-state index in [0.29, 0.717) is 13.0 Å². The van der Waals surface area contributed by atoms with Gasteiger partial charge >= 0.3 is 0 Å². The molecule has 1 aromatic rings. The number of anilines is 1. The third kappa shape index (κ3) is 4.06. The minimum absolute atomic E-state index is 0.111. The highest BCUT2D eigenvalue weighted by Crippen LogP contribution is 2.20. The maximum absolute atomic E-state index is 11.9. The quantitative estimate of drug-likeness (QED) is 0.818. The third-order valence-electron chi connectivity index (χ3n) is 2.76. The Morgan fingerprint density at radius 1 is 1.41 bits per heavy atom. The monoisotopic (exact) mass is 252 g/mol. The average Bonchev–Trinajstić information content (AvgIpc) is 2.37. The fourth-order valence-corrected chi connectivity index (χ4v) is 1.88. The van der Waals surface area contributed by atoms with Crippen molar-refractivity contribution < 1.29 is 4.79 Å². The molecule has 0 bridgehead atoms. The first-order chi connectivity index (χ1) is 8.08. The number of nitrogens with zero attached hydrogens (tertiary/aromatic N) is 1. The Morgan fingerprint density at radius 3 is 2.47 bits per heavy atom. The lowest BCUT2D eigenvalue weighted by molar-refractivity contribution is -0.119. The van der Waals surface area contributed by atoms with Crippen molar-refractivity contribution in [3.05, 3.63) is 24.3 Å². The van der Waals surface area contributed by atoms with Crippen molar-refractivity contribution in [2.45, 2.75) is 18.2 Å². The van der Waals surface area contributed by atoms with Gasteiger partial charge in [-0.25, -0.2) is 0 Å². The van der Waals surface area contributed by atoms with Crippen LogP contribution in [0.2, 0.25) is 0 Å². The lowest BCUT2D eigenvalue weighted by atomic mass is 10.1. The summed E-state index contributed by atoms with van der Waals surface area (Å²) in [6.07, 6.45) is 2.53. The van der Waals surface area contributed by atoms with Crippen molar-refractivity contribution in [3.63, 3.8) is 0 Å². The molecule has 1 rings (SSSR count). The average molecular weight is 252 g/mol. The smallest absolute Gasteiger partial charge is 0.227 e. The topological polar surface area (TPSA) is 46.3 Å². The molecule has 0 saturated heterocycles. The highest BCUT2D eigenvalue weighted by atomic mass is 32.2. The summed E-state index contributed by atoms with van der Waals surface area (Å²) < 4.78 is 0. The molecule has 3 nitrogen and oxygen atoms in total. The van der Waals surface area contributed by atoms with Crippen molar-refractivity contribution in [1.29, 1.82) is 0 Å². The van der Waals surface area contributed by atoms with Crippen LogP contribution in [0.15, 0.2) is 29.2 Å². The van der Waals surface area contributed by atoms with E-state index in [1.165, 1.54) is 4.90 Å². The van der Waals surface area contributed by atoms with Gasteiger partial charge in [-0.2, -0.15) is 0 Å². The summed E-state index contributed by atoms with van der Waals surface area (Å²) in [4.78, 5) is 14.8. The number of hydrogen-bond donors (Lipinski definition) is 1. The second kappa shape index (κ2) is 6.67. The molecule has 0 saturated carbocycles. The second-order valence-corrected chi connectivity index (χ2v) is 5.08. The van der Waals surface area contributed by atoms with Crippen molar-refractivity contribution in [3.8, 4) is 0 Å². The molecule has 0 heterocycles. The van der Waals surface area contributed by atoms with Gasteiger partial charge in [0.2, 0.25) is 5.91 Å². The van der Waals surface area contributed by atoms with Gasteiger partial charge < -0.3 is 10.6 Å². The zero-order valence-electron chi connectivity index (χ0n) is 10.6. The van der Waals surface area contributed by atoms with Gasteiger partial charge in [-0.05, 0) is 43.0 Å². The summed E-state index contributed by atoms with van der Waals surface area (Å²) in [5.41, 5.74) is 6.45. The number of benzene rings is 1. The van der Waals surface area contributed by atoms with Crippen molar-refractivity contribution in [1.82, 2.24) is 0 Å². The first-order valence-corrected chi connectivity index (χ1v) is 6.91. The second-order valence-electron chi connectivity index (χ2n) is 4.20. The molecule has 0 spiro atoms. The maximum Gasteiger partial charge on any atom is 0.227 e. The normalized spacial score (nSPS) is 12.2. The molecule has 4 heteroatoms. The van der Waals surface area contributed by atoms with Crippen LogP contribution in [0, 0.1) is 5.92 Å². The Balaban J connectivity index is 2.67. The summed E-state index contributed by atoms with van der Waals surface area (Å²) >= 11 is 1.69. The van der Waals surface area contributed by atoms with Gasteiger partial charge in [0.15, 0.2) is 0 Å². The van der Waals surface area contributed by atoms with E-state index < -0.39 is 0 Å². The largest absolute Gasteiger partial charge is 0.330 e. The predicted molar refractivity (Wildman–Crippen MR) is 74.5 cm³/mol. The number of thioether (sulfide) groups is 1. The highest BCUT2D eigenvalue weighted by Gasteiger charge is 2.13. The van der Waals surface area contributed by atoms with Gasteiger partial charge in [0, 0.05) is 24.1 Å². The molecule has 1 atom stereocenters. The predicted octanol–water partition coefficient (Wildman–Crippen LogP) is 2.36. The molecular weight excluding hydrogens is 232 g/mol. The van der Waals surface area contributed by atoms with Crippen molar-refractivity contribution in [2.24, 2.45) is 11.7 Å². The van der Waals surface area contributed by atoms with E-state index in [9.17, 15) is 4.79 Å². The molecular formula is C13H20N2OS. The first kappa shape index (κ1) is 14.1. The fraction of sp³-hybridized carbons (Fsp3) is 0.462. The maximum atomic E-state index is 11.9. The van der Waals surface area contributed by atoms with Crippen LogP contribution in [-0.4, -0.2) is 25.8 Å². The van der Waals surface area contributed by atoms with E-state index >= 15 is 0 Å². The highest BCUT2D eigenvalue weighted by molar-refractivity contribution is 7.98. The minimum atomic E-state index is 0.111. The van der Waals surface area contributed by atoms with E-state index in [2.05, 4.69) is 0 Å². The van der Waals surface area contributed by atoms with Gasteiger partial charge in [0.1, 0.15) is 0 Å². The molecule has 0 radical (unpaired) electrons. The van der Waals surface area contributed by atoms with Gasteiger partial charge in [-0.1, -0.05) is 6.92 Å². The van der Waals surface area contributed by atoms with Crippen LogP contribution in [0.1, 0.15) is 13.3 Å². The van der Waals surface area contributed by atoms with Crippen LogP contribution in [0.5, 0.6) is 0 Å². The number of amides is 1. The molecule has 0 fully saturated rings. The number of carbonyl (C=O) groups excluding carboxylic acids is 1. The Kier molecular flexibility index (Phi) is 5.51. The van der Waals surface area contributed by atoms with E-state index in [0.717, 1.165) is 5.69 Å². The van der Waals surface area contributed by atoms with Crippen molar-refractivity contribution in [2.75, 3.05) is 24.7 Å².